The molecule has 1 aromatic heterocycles. The van der Waals surface area contributed by atoms with Crippen LogP contribution in [-0.4, -0.2) is 28.0 Å². The number of rotatable bonds is 5. The normalized spacial score (nSPS) is 9.53. The summed E-state index contributed by atoms with van der Waals surface area (Å²) in [6.45, 7) is 1.65. The number of nitrogens with zero attached hydrogens (tertiary/aromatic N) is 3. The molecular weight excluding hydrogens is 220 g/mol. The number of hydrogen-bond donors (Lipinski definition) is 5. The van der Waals surface area contributed by atoms with E-state index in [0.717, 1.165) is 25.9 Å². The first kappa shape index (κ1) is 15.3. The van der Waals surface area contributed by atoms with Crippen molar-refractivity contribution < 1.29 is 0 Å². The summed E-state index contributed by atoms with van der Waals surface area (Å²) in [7, 11) is 0. The molecule has 0 aliphatic heterocycles. The van der Waals surface area contributed by atoms with Crippen molar-refractivity contribution in [1.82, 2.24) is 15.0 Å². The van der Waals surface area contributed by atoms with Gasteiger partial charge in [0.2, 0.25) is 17.8 Å². The lowest BCUT2D eigenvalue weighted by atomic mass is 10.2. The fraction of sp³-hybridized carbons (Fsp3) is 0.667. The van der Waals surface area contributed by atoms with Crippen LogP contribution in [0.3, 0.4) is 0 Å². The SMILES string of the molecule is NCCCCCCN.Nc1nc(N)nc(N)n1. The standard InChI is InChI=1S/C6H16N2.C3H6N6/c7-5-3-1-2-4-6-8;4-1-7-2(5)9-3(6)8-1/h1-8H2;(H6,4,5,6,7,8,9). The van der Waals surface area contributed by atoms with E-state index in [4.69, 9.17) is 28.7 Å². The maximum atomic E-state index is 5.28. The molecule has 98 valence electrons. The Bertz CT molecular complexity index is 247. The van der Waals surface area contributed by atoms with Gasteiger partial charge in [-0.05, 0) is 25.9 Å². The Balaban J connectivity index is 0.000000304. The summed E-state index contributed by atoms with van der Waals surface area (Å²) in [6, 6.07) is 0. The maximum Gasteiger partial charge on any atom is 0.226 e. The van der Waals surface area contributed by atoms with Crippen molar-refractivity contribution in [1.29, 1.82) is 0 Å². The van der Waals surface area contributed by atoms with Crippen molar-refractivity contribution in [2.24, 2.45) is 11.5 Å². The summed E-state index contributed by atoms with van der Waals surface area (Å²) in [5.74, 6) is 0.125. The summed E-state index contributed by atoms with van der Waals surface area (Å²) in [4.78, 5) is 10.5. The van der Waals surface area contributed by atoms with Crippen LogP contribution in [0.2, 0.25) is 0 Å². The molecule has 0 bridgehead atoms. The lowest BCUT2D eigenvalue weighted by molar-refractivity contribution is 0.653. The minimum Gasteiger partial charge on any atom is -0.368 e. The maximum absolute atomic E-state index is 5.28. The Morgan fingerprint density at radius 1 is 0.588 bits per heavy atom. The van der Waals surface area contributed by atoms with Gasteiger partial charge in [0.05, 0.1) is 0 Å². The molecule has 10 N–H and O–H groups in total. The topological polar surface area (TPSA) is 169 Å². The van der Waals surface area contributed by atoms with Crippen molar-refractivity contribution in [3.8, 4) is 0 Å². The Morgan fingerprint density at radius 2 is 0.882 bits per heavy atom. The average molecular weight is 242 g/mol. The fourth-order valence-electron chi connectivity index (χ4n) is 1.07. The smallest absolute Gasteiger partial charge is 0.226 e. The first-order chi connectivity index (χ1) is 8.10. The van der Waals surface area contributed by atoms with E-state index in [-0.39, 0.29) is 17.8 Å². The van der Waals surface area contributed by atoms with E-state index < -0.39 is 0 Å². The lowest BCUT2D eigenvalue weighted by Gasteiger charge is -1.94. The van der Waals surface area contributed by atoms with E-state index in [1.807, 2.05) is 0 Å². The van der Waals surface area contributed by atoms with E-state index in [1.54, 1.807) is 0 Å². The Morgan fingerprint density at radius 3 is 1.12 bits per heavy atom. The fourth-order valence-corrected chi connectivity index (χ4v) is 1.07. The van der Waals surface area contributed by atoms with Crippen LogP contribution >= 0.6 is 0 Å². The minimum absolute atomic E-state index is 0.0417. The van der Waals surface area contributed by atoms with E-state index >= 15 is 0 Å². The van der Waals surface area contributed by atoms with Crippen LogP contribution in [0.1, 0.15) is 25.7 Å². The van der Waals surface area contributed by atoms with Crippen molar-refractivity contribution in [3.63, 3.8) is 0 Å². The van der Waals surface area contributed by atoms with Gasteiger partial charge in [0, 0.05) is 0 Å². The van der Waals surface area contributed by atoms with E-state index in [9.17, 15) is 0 Å². The van der Waals surface area contributed by atoms with Crippen LogP contribution in [0, 0.1) is 0 Å². The average Bonchev–Trinajstić information content (AvgIpc) is 2.23. The van der Waals surface area contributed by atoms with Crippen LogP contribution in [0.4, 0.5) is 17.8 Å². The molecule has 8 heteroatoms. The predicted octanol–water partition coefficient (Wildman–Crippen LogP) is -0.918. The molecule has 0 atom stereocenters. The molecular formula is C9H22N8. The highest BCUT2D eigenvalue weighted by atomic mass is 15.2. The Hall–Kier alpha value is -1.67. The number of nitrogen functional groups attached to an aromatic ring is 3. The number of aromatic nitrogens is 3. The Labute approximate surface area is 101 Å². The van der Waals surface area contributed by atoms with Gasteiger partial charge in [-0.25, -0.2) is 0 Å². The molecule has 0 aliphatic carbocycles. The molecule has 17 heavy (non-hydrogen) atoms. The van der Waals surface area contributed by atoms with Crippen LogP contribution < -0.4 is 28.7 Å². The highest BCUT2D eigenvalue weighted by molar-refractivity contribution is 5.33. The molecule has 0 radical (unpaired) electrons. The lowest BCUT2D eigenvalue weighted by Crippen LogP contribution is -2.05. The second-order valence-corrected chi connectivity index (χ2v) is 3.40. The van der Waals surface area contributed by atoms with Gasteiger partial charge >= 0.3 is 0 Å². The van der Waals surface area contributed by atoms with E-state index in [2.05, 4.69) is 15.0 Å². The Kier molecular flexibility index (Phi) is 8.61. The molecule has 0 amide bonds. The third-order valence-electron chi connectivity index (χ3n) is 1.85. The predicted molar refractivity (Wildman–Crippen MR) is 69.6 cm³/mol. The molecule has 0 fully saturated rings. The minimum atomic E-state index is 0.0417. The number of anilines is 3. The van der Waals surface area contributed by atoms with Crippen LogP contribution in [0.15, 0.2) is 0 Å². The highest BCUT2D eigenvalue weighted by Gasteiger charge is 1.93. The van der Waals surface area contributed by atoms with Crippen LogP contribution in [0.25, 0.3) is 0 Å². The molecule has 1 aromatic rings. The summed E-state index contributed by atoms with van der Waals surface area (Å²) in [5, 5.41) is 0. The van der Waals surface area contributed by atoms with Crippen molar-refractivity contribution in [3.05, 3.63) is 0 Å². The van der Waals surface area contributed by atoms with Gasteiger partial charge < -0.3 is 28.7 Å². The molecule has 0 aromatic carbocycles. The van der Waals surface area contributed by atoms with Gasteiger partial charge in [-0.3, -0.25) is 0 Å². The summed E-state index contributed by atoms with van der Waals surface area (Å²) < 4.78 is 0. The largest absolute Gasteiger partial charge is 0.368 e. The van der Waals surface area contributed by atoms with Crippen LogP contribution in [-0.2, 0) is 0 Å². The molecule has 1 rings (SSSR count). The van der Waals surface area contributed by atoms with Gasteiger partial charge in [0.25, 0.3) is 0 Å². The number of nitrogens with two attached hydrogens (primary N) is 5. The van der Waals surface area contributed by atoms with Crippen molar-refractivity contribution >= 4 is 17.8 Å². The zero-order valence-corrected chi connectivity index (χ0v) is 9.97. The molecule has 0 spiro atoms. The molecule has 0 saturated heterocycles. The van der Waals surface area contributed by atoms with Gasteiger partial charge in [-0.15, -0.1) is 0 Å². The van der Waals surface area contributed by atoms with Gasteiger partial charge in [-0.2, -0.15) is 15.0 Å². The quantitative estimate of drug-likeness (QED) is 0.413. The summed E-state index contributed by atoms with van der Waals surface area (Å²) in [5.41, 5.74) is 26.0. The monoisotopic (exact) mass is 242 g/mol. The number of hydrogen-bond acceptors (Lipinski definition) is 8. The van der Waals surface area contributed by atoms with Gasteiger partial charge in [-0.1, -0.05) is 12.8 Å². The summed E-state index contributed by atoms with van der Waals surface area (Å²) in [6.07, 6.45) is 4.79. The zero-order valence-electron chi connectivity index (χ0n) is 9.97. The summed E-state index contributed by atoms with van der Waals surface area (Å²) >= 11 is 0. The van der Waals surface area contributed by atoms with E-state index in [1.165, 1.54) is 12.8 Å². The second-order valence-electron chi connectivity index (χ2n) is 3.40. The van der Waals surface area contributed by atoms with Crippen molar-refractivity contribution in [2.75, 3.05) is 30.3 Å². The third kappa shape index (κ3) is 9.27. The first-order valence-corrected chi connectivity index (χ1v) is 5.52. The molecule has 0 unspecified atom stereocenters. The third-order valence-corrected chi connectivity index (χ3v) is 1.85. The molecule has 1 heterocycles. The molecule has 0 aliphatic rings. The zero-order chi connectivity index (χ0) is 13.1. The van der Waals surface area contributed by atoms with Crippen LogP contribution in [0.5, 0.6) is 0 Å². The van der Waals surface area contributed by atoms with Gasteiger partial charge in [0.15, 0.2) is 0 Å². The molecule has 0 saturated carbocycles. The first-order valence-electron chi connectivity index (χ1n) is 5.52. The van der Waals surface area contributed by atoms with E-state index in [0.29, 0.717) is 0 Å². The van der Waals surface area contributed by atoms with Gasteiger partial charge in [0.1, 0.15) is 0 Å². The second kappa shape index (κ2) is 9.55. The highest BCUT2D eigenvalue weighted by Crippen LogP contribution is 1.97. The molecule has 8 nitrogen and oxygen atoms in total. The number of unbranched alkanes of at least 4 members (excludes halogenated alkanes) is 3. The van der Waals surface area contributed by atoms with Crippen molar-refractivity contribution in [2.45, 2.75) is 25.7 Å².